The highest BCUT2D eigenvalue weighted by atomic mass is 16.3. The first-order valence-corrected chi connectivity index (χ1v) is 8.75. The van der Waals surface area contributed by atoms with E-state index >= 15 is 0 Å². The van der Waals surface area contributed by atoms with Crippen molar-refractivity contribution in [2.75, 3.05) is 0 Å². The lowest BCUT2D eigenvalue weighted by molar-refractivity contribution is 0.0631. The number of carbonyl (C=O) groups is 1. The normalized spacial score (nSPS) is 26.4. The van der Waals surface area contributed by atoms with Crippen LogP contribution in [0.15, 0.2) is 39.7 Å². The molecule has 0 radical (unpaired) electrons. The largest absolute Gasteiger partial charge is 0.463 e. The quantitative estimate of drug-likeness (QED) is 0.919. The van der Waals surface area contributed by atoms with Crippen molar-refractivity contribution in [1.29, 1.82) is 0 Å². The van der Waals surface area contributed by atoms with E-state index in [-0.39, 0.29) is 23.1 Å². The molecule has 3 heterocycles. The average Bonchev–Trinajstić information content (AvgIpc) is 3.21. The van der Waals surface area contributed by atoms with E-state index in [4.69, 9.17) is 4.42 Å². The minimum atomic E-state index is -0.347. The molecule has 2 fully saturated rings. The number of aromatic nitrogens is 1. The number of hydrogen-bond donors (Lipinski definition) is 1. The molecule has 0 bridgehead atoms. The number of amides is 1. The van der Waals surface area contributed by atoms with E-state index < -0.39 is 0 Å². The zero-order chi connectivity index (χ0) is 16.7. The predicted molar refractivity (Wildman–Crippen MR) is 90.8 cm³/mol. The number of likely N-dealkylation sites (tertiary alicyclic amines) is 1. The molecule has 1 saturated heterocycles. The summed E-state index contributed by atoms with van der Waals surface area (Å²) in [5.74, 6) is 1.05. The Morgan fingerprint density at radius 1 is 1.25 bits per heavy atom. The van der Waals surface area contributed by atoms with Gasteiger partial charge in [0.15, 0.2) is 0 Å². The van der Waals surface area contributed by atoms with Crippen LogP contribution < -0.4 is 5.56 Å². The van der Waals surface area contributed by atoms with E-state index in [0.717, 1.165) is 12.8 Å². The van der Waals surface area contributed by atoms with E-state index in [2.05, 4.69) is 11.9 Å². The van der Waals surface area contributed by atoms with Gasteiger partial charge in [0, 0.05) is 12.1 Å². The van der Waals surface area contributed by atoms with Gasteiger partial charge in [-0.1, -0.05) is 12.8 Å². The van der Waals surface area contributed by atoms with Crippen molar-refractivity contribution in [3.8, 4) is 11.5 Å². The van der Waals surface area contributed by atoms with Gasteiger partial charge in [-0.15, -0.1) is 0 Å². The summed E-state index contributed by atoms with van der Waals surface area (Å²) >= 11 is 0. The molecular formula is C19H22N2O3. The summed E-state index contributed by atoms with van der Waals surface area (Å²) < 4.78 is 5.30. The van der Waals surface area contributed by atoms with Crippen molar-refractivity contribution in [2.45, 2.75) is 51.1 Å². The molecule has 0 aromatic carbocycles. The third kappa shape index (κ3) is 2.48. The summed E-state index contributed by atoms with van der Waals surface area (Å²) in [5.41, 5.74) is 0.468. The average molecular weight is 326 g/mol. The third-order valence-corrected chi connectivity index (χ3v) is 5.51. The van der Waals surface area contributed by atoms with E-state index in [9.17, 15) is 9.59 Å². The smallest absolute Gasteiger partial charge is 0.261 e. The molecule has 1 N–H and O–H groups in total. The van der Waals surface area contributed by atoms with Crippen molar-refractivity contribution < 1.29 is 9.21 Å². The van der Waals surface area contributed by atoms with E-state index in [1.54, 1.807) is 30.5 Å². The summed E-state index contributed by atoms with van der Waals surface area (Å²) in [7, 11) is 0. The first-order chi connectivity index (χ1) is 11.6. The third-order valence-electron chi connectivity index (χ3n) is 5.51. The molecule has 3 atom stereocenters. The van der Waals surface area contributed by atoms with Crippen molar-refractivity contribution in [3.05, 3.63) is 46.4 Å². The van der Waals surface area contributed by atoms with Crippen molar-refractivity contribution in [2.24, 2.45) is 5.92 Å². The minimum Gasteiger partial charge on any atom is -0.463 e. The van der Waals surface area contributed by atoms with Gasteiger partial charge in [-0.3, -0.25) is 9.59 Å². The van der Waals surface area contributed by atoms with Crippen LogP contribution in [0.4, 0.5) is 0 Å². The molecule has 5 heteroatoms. The Morgan fingerprint density at radius 3 is 2.83 bits per heavy atom. The highest BCUT2D eigenvalue weighted by molar-refractivity contribution is 5.94. The number of nitrogens with zero attached hydrogens (tertiary/aromatic N) is 1. The van der Waals surface area contributed by atoms with Crippen LogP contribution in [0.2, 0.25) is 0 Å². The number of rotatable bonds is 2. The molecule has 0 spiro atoms. The van der Waals surface area contributed by atoms with Gasteiger partial charge in [-0.25, -0.2) is 0 Å². The van der Waals surface area contributed by atoms with Crippen molar-refractivity contribution >= 4 is 5.91 Å². The number of carbonyl (C=O) groups excluding carboxylic acids is 1. The Bertz CT molecular complexity index is 793. The molecule has 126 valence electrons. The SMILES string of the molecule is C[C@@H]1C[C@H]2CCCC[C@H]2N1C(=O)c1ccc(-c2ccco2)[nH]c1=O. The first-order valence-electron chi connectivity index (χ1n) is 8.75. The fourth-order valence-corrected chi connectivity index (χ4v) is 4.42. The van der Waals surface area contributed by atoms with E-state index in [0.29, 0.717) is 23.4 Å². The standard InChI is InChI=1S/C19H22N2O3/c1-12-11-13-5-2-3-6-16(13)21(12)19(23)14-8-9-15(20-18(14)22)17-7-4-10-24-17/h4,7-10,12-13,16H,2-3,5-6,11H2,1H3,(H,20,22)/t12-,13-,16-/m1/s1. The second-order valence-electron chi connectivity index (χ2n) is 7.00. The zero-order valence-corrected chi connectivity index (χ0v) is 13.8. The topological polar surface area (TPSA) is 66.3 Å². The van der Waals surface area contributed by atoms with Crippen LogP contribution in [0.3, 0.4) is 0 Å². The molecule has 1 amide bonds. The molecular weight excluding hydrogens is 304 g/mol. The molecule has 24 heavy (non-hydrogen) atoms. The lowest BCUT2D eigenvalue weighted by Crippen LogP contribution is -2.44. The molecule has 4 rings (SSSR count). The van der Waals surface area contributed by atoms with Gasteiger partial charge in [0.05, 0.1) is 12.0 Å². The van der Waals surface area contributed by atoms with E-state index in [1.807, 2.05) is 4.90 Å². The second kappa shape index (κ2) is 5.96. The molecule has 5 nitrogen and oxygen atoms in total. The maximum atomic E-state index is 13.0. The molecule has 2 aliphatic rings. The van der Waals surface area contributed by atoms with Gasteiger partial charge in [-0.05, 0) is 56.4 Å². The second-order valence-corrected chi connectivity index (χ2v) is 7.00. The predicted octanol–water partition coefficient (Wildman–Crippen LogP) is 3.43. The van der Waals surface area contributed by atoms with Crippen molar-refractivity contribution in [3.63, 3.8) is 0 Å². The highest BCUT2D eigenvalue weighted by Crippen LogP contribution is 2.40. The summed E-state index contributed by atoms with van der Waals surface area (Å²) in [6.07, 6.45) is 7.30. The van der Waals surface area contributed by atoms with Gasteiger partial charge in [0.2, 0.25) is 0 Å². The van der Waals surface area contributed by atoms with Crippen LogP contribution in [-0.2, 0) is 0 Å². The zero-order valence-electron chi connectivity index (χ0n) is 13.8. The Hall–Kier alpha value is -2.30. The summed E-state index contributed by atoms with van der Waals surface area (Å²) in [6.45, 7) is 2.10. The lowest BCUT2D eigenvalue weighted by Gasteiger charge is -2.33. The van der Waals surface area contributed by atoms with Crippen LogP contribution in [0.5, 0.6) is 0 Å². The van der Waals surface area contributed by atoms with Gasteiger partial charge in [-0.2, -0.15) is 0 Å². The molecule has 1 aliphatic carbocycles. The molecule has 0 unspecified atom stereocenters. The fraction of sp³-hybridized carbons (Fsp3) is 0.474. The Labute approximate surface area is 140 Å². The number of H-pyrrole nitrogens is 1. The Kier molecular flexibility index (Phi) is 3.79. The van der Waals surface area contributed by atoms with Crippen LogP contribution in [-0.4, -0.2) is 27.9 Å². The Morgan fingerprint density at radius 2 is 2.08 bits per heavy atom. The van der Waals surface area contributed by atoms with Crippen LogP contribution in [0, 0.1) is 5.92 Å². The van der Waals surface area contributed by atoms with Gasteiger partial charge in [0.1, 0.15) is 11.3 Å². The lowest BCUT2D eigenvalue weighted by atomic mass is 9.85. The number of fused-ring (bicyclic) bond motifs is 1. The van der Waals surface area contributed by atoms with Gasteiger partial charge < -0.3 is 14.3 Å². The molecule has 2 aromatic rings. The maximum Gasteiger partial charge on any atom is 0.261 e. The number of hydrogen-bond acceptors (Lipinski definition) is 3. The number of pyridine rings is 1. The summed E-state index contributed by atoms with van der Waals surface area (Å²) in [4.78, 5) is 30.2. The highest BCUT2D eigenvalue weighted by Gasteiger charge is 2.43. The van der Waals surface area contributed by atoms with Crippen LogP contribution >= 0.6 is 0 Å². The Balaban J connectivity index is 1.63. The molecule has 2 aromatic heterocycles. The van der Waals surface area contributed by atoms with Crippen molar-refractivity contribution in [1.82, 2.24) is 9.88 Å². The summed E-state index contributed by atoms with van der Waals surface area (Å²) in [6, 6.07) is 7.42. The van der Waals surface area contributed by atoms with Crippen LogP contribution in [0.1, 0.15) is 49.4 Å². The maximum absolute atomic E-state index is 13.0. The van der Waals surface area contributed by atoms with Gasteiger partial charge in [0.25, 0.3) is 11.5 Å². The fourth-order valence-electron chi connectivity index (χ4n) is 4.42. The number of nitrogens with one attached hydrogen (secondary N) is 1. The first kappa shape index (κ1) is 15.2. The van der Waals surface area contributed by atoms with Gasteiger partial charge >= 0.3 is 0 Å². The number of furan rings is 1. The molecule has 1 aliphatic heterocycles. The monoisotopic (exact) mass is 326 g/mol. The van der Waals surface area contributed by atoms with E-state index in [1.165, 1.54) is 19.3 Å². The minimum absolute atomic E-state index is 0.135. The summed E-state index contributed by atoms with van der Waals surface area (Å²) in [5, 5.41) is 0. The molecule has 1 saturated carbocycles. The van der Waals surface area contributed by atoms with Crippen LogP contribution in [0.25, 0.3) is 11.5 Å². The number of aromatic amines is 1.